The summed E-state index contributed by atoms with van der Waals surface area (Å²) in [6, 6.07) is 2.68. The normalized spacial score (nSPS) is 18.4. The molecule has 6 nitrogen and oxygen atoms in total. The van der Waals surface area contributed by atoms with Crippen LogP contribution >= 0.6 is 11.3 Å². The van der Waals surface area contributed by atoms with Crippen molar-refractivity contribution in [2.45, 2.75) is 82.8 Å². The van der Waals surface area contributed by atoms with Crippen molar-refractivity contribution in [1.82, 2.24) is 10.2 Å². The fraction of sp³-hybridized carbons (Fsp3) is 0.556. The van der Waals surface area contributed by atoms with Crippen LogP contribution in [0.5, 0.6) is 5.75 Å². The van der Waals surface area contributed by atoms with Gasteiger partial charge in [0.05, 0.1) is 6.61 Å². The van der Waals surface area contributed by atoms with Gasteiger partial charge in [-0.3, -0.25) is 9.69 Å². The first-order valence-electron chi connectivity index (χ1n) is 12.9. The Labute approximate surface area is 232 Å². The highest BCUT2D eigenvalue weighted by atomic mass is 32.1. The van der Waals surface area contributed by atoms with E-state index in [1.54, 1.807) is 37.6 Å². The summed E-state index contributed by atoms with van der Waals surface area (Å²) in [5, 5.41) is 16.3. The molecule has 0 saturated carbocycles. The summed E-state index contributed by atoms with van der Waals surface area (Å²) in [5.41, 5.74) is -6.52. The molecule has 1 aliphatic heterocycles. The van der Waals surface area contributed by atoms with Gasteiger partial charge in [0, 0.05) is 12.1 Å². The quantitative estimate of drug-likeness (QED) is 0.165. The maximum atomic E-state index is 13.6. The molecule has 0 aliphatic carbocycles. The second kappa shape index (κ2) is 12.0. The molecule has 1 aliphatic rings. The number of benzene rings is 1. The number of thiophene rings is 1. The first-order chi connectivity index (χ1) is 18.6. The number of aryl methyl sites for hydroxylation is 2. The van der Waals surface area contributed by atoms with E-state index in [-0.39, 0.29) is 48.8 Å². The van der Waals surface area contributed by atoms with Gasteiger partial charge in [0.1, 0.15) is 11.3 Å². The predicted octanol–water partition coefficient (Wildman–Crippen LogP) is 6.59. The Kier molecular flexibility index (Phi) is 9.50. The van der Waals surface area contributed by atoms with Gasteiger partial charge in [-0.25, -0.2) is 4.79 Å². The second-order valence-corrected chi connectivity index (χ2v) is 10.7. The number of carbonyl (C=O) groups is 2. The van der Waals surface area contributed by atoms with Crippen molar-refractivity contribution in [3.63, 3.8) is 0 Å². The fourth-order valence-electron chi connectivity index (χ4n) is 4.74. The SMILES string of the molecule is CCCc1cc(C(O)(C(F)(F)F)C(F)(F)F)cc(CCC)c1OCCCCN1C(=O)NC(C)(c2ccsc2)C1=O. The summed E-state index contributed by atoms with van der Waals surface area (Å²) >= 11 is 1.40. The van der Waals surface area contributed by atoms with E-state index in [1.165, 1.54) is 11.3 Å². The Morgan fingerprint density at radius 3 is 2.05 bits per heavy atom. The van der Waals surface area contributed by atoms with Crippen molar-refractivity contribution in [3.8, 4) is 5.75 Å². The number of nitrogens with one attached hydrogen (secondary N) is 1. The number of urea groups is 1. The molecule has 1 fully saturated rings. The van der Waals surface area contributed by atoms with E-state index in [2.05, 4.69) is 5.32 Å². The van der Waals surface area contributed by atoms with Crippen molar-refractivity contribution in [3.05, 3.63) is 51.2 Å². The lowest BCUT2D eigenvalue weighted by atomic mass is 9.87. The molecule has 2 aromatic rings. The molecule has 2 heterocycles. The largest absolute Gasteiger partial charge is 0.493 e. The van der Waals surface area contributed by atoms with Gasteiger partial charge in [-0.15, -0.1) is 0 Å². The van der Waals surface area contributed by atoms with Gasteiger partial charge < -0.3 is 15.2 Å². The van der Waals surface area contributed by atoms with Crippen LogP contribution in [-0.2, 0) is 28.8 Å². The fourth-order valence-corrected chi connectivity index (χ4v) is 5.50. The molecule has 40 heavy (non-hydrogen) atoms. The van der Waals surface area contributed by atoms with E-state index in [4.69, 9.17) is 4.74 Å². The number of halogens is 6. The lowest BCUT2D eigenvalue weighted by molar-refractivity contribution is -0.376. The van der Waals surface area contributed by atoms with Crippen LogP contribution in [0.4, 0.5) is 31.1 Å². The number of alkyl halides is 6. The molecule has 3 rings (SSSR count). The third kappa shape index (κ3) is 5.95. The molecule has 222 valence electrons. The molecule has 1 saturated heterocycles. The van der Waals surface area contributed by atoms with Crippen LogP contribution in [0.2, 0.25) is 0 Å². The number of hydrogen-bond donors (Lipinski definition) is 2. The average Bonchev–Trinajstić information content (AvgIpc) is 3.47. The van der Waals surface area contributed by atoms with Crippen molar-refractivity contribution < 1.29 is 45.8 Å². The van der Waals surface area contributed by atoms with Crippen LogP contribution in [0.3, 0.4) is 0 Å². The molecule has 1 aromatic carbocycles. The third-order valence-corrected chi connectivity index (χ3v) is 7.60. The Bertz CT molecular complexity index is 1160. The number of amides is 3. The summed E-state index contributed by atoms with van der Waals surface area (Å²) < 4.78 is 87.3. The van der Waals surface area contributed by atoms with Gasteiger partial charge in [0.2, 0.25) is 0 Å². The van der Waals surface area contributed by atoms with Crippen LogP contribution in [0.25, 0.3) is 0 Å². The summed E-state index contributed by atoms with van der Waals surface area (Å²) in [7, 11) is 0. The maximum absolute atomic E-state index is 13.6. The number of hydrogen-bond acceptors (Lipinski definition) is 5. The van der Waals surface area contributed by atoms with Gasteiger partial charge in [0.15, 0.2) is 0 Å². The number of carbonyl (C=O) groups excluding carboxylic acids is 2. The number of imide groups is 1. The zero-order chi connectivity index (χ0) is 29.9. The van der Waals surface area contributed by atoms with E-state index < -0.39 is 35.1 Å². The summed E-state index contributed by atoms with van der Waals surface area (Å²) in [5.74, 6) is -0.191. The van der Waals surface area contributed by atoms with Crippen LogP contribution < -0.4 is 10.1 Å². The van der Waals surface area contributed by atoms with Crippen molar-refractivity contribution in [2.75, 3.05) is 13.2 Å². The summed E-state index contributed by atoms with van der Waals surface area (Å²) in [4.78, 5) is 26.5. The summed E-state index contributed by atoms with van der Waals surface area (Å²) in [6.45, 7) is 5.24. The molecule has 1 aromatic heterocycles. The molecule has 0 bridgehead atoms. The first kappa shape index (κ1) is 31.7. The number of ether oxygens (including phenoxy) is 1. The molecule has 1 unspecified atom stereocenters. The molecular formula is C27H32F6N2O4S. The molecule has 0 spiro atoms. The standard InChI is InChI=1S/C27H32F6N2O4S/c1-4-8-17-14-20(25(38,26(28,29)30)27(31,32)33)15-18(9-5-2)21(17)39-12-7-6-11-35-22(36)24(3,34-23(35)37)19-10-13-40-16-19/h10,13-16,38H,4-9,11-12H2,1-3H3,(H,34,37). The van der Waals surface area contributed by atoms with Gasteiger partial charge in [0.25, 0.3) is 11.5 Å². The molecule has 1 atom stereocenters. The number of rotatable bonds is 12. The lowest BCUT2D eigenvalue weighted by Gasteiger charge is -2.33. The number of aliphatic hydroxyl groups is 1. The monoisotopic (exact) mass is 594 g/mol. The minimum absolute atomic E-state index is 0.0566. The second-order valence-electron chi connectivity index (χ2n) is 9.91. The number of unbranched alkanes of at least 4 members (excludes halogenated alkanes) is 1. The Morgan fingerprint density at radius 2 is 1.57 bits per heavy atom. The predicted molar refractivity (Wildman–Crippen MR) is 137 cm³/mol. The minimum Gasteiger partial charge on any atom is -0.493 e. The first-order valence-corrected chi connectivity index (χ1v) is 13.9. The van der Waals surface area contributed by atoms with Crippen molar-refractivity contribution >= 4 is 23.3 Å². The Balaban J connectivity index is 1.76. The van der Waals surface area contributed by atoms with Gasteiger partial charge in [-0.1, -0.05) is 26.7 Å². The van der Waals surface area contributed by atoms with E-state index in [9.17, 15) is 41.0 Å². The van der Waals surface area contributed by atoms with Crippen LogP contribution in [-0.4, -0.2) is 47.4 Å². The van der Waals surface area contributed by atoms with E-state index >= 15 is 0 Å². The van der Waals surface area contributed by atoms with E-state index in [1.807, 2.05) is 0 Å². The van der Waals surface area contributed by atoms with Crippen LogP contribution in [0, 0.1) is 0 Å². The van der Waals surface area contributed by atoms with Gasteiger partial charge in [-0.2, -0.15) is 37.7 Å². The van der Waals surface area contributed by atoms with Crippen LogP contribution in [0.1, 0.15) is 68.7 Å². The topological polar surface area (TPSA) is 78.9 Å². The van der Waals surface area contributed by atoms with E-state index in [0.717, 1.165) is 17.0 Å². The zero-order valence-electron chi connectivity index (χ0n) is 22.3. The highest BCUT2D eigenvalue weighted by Crippen LogP contribution is 2.51. The maximum Gasteiger partial charge on any atom is 0.430 e. The molecular weight excluding hydrogens is 562 g/mol. The Morgan fingerprint density at radius 1 is 1.00 bits per heavy atom. The molecule has 2 N–H and O–H groups in total. The smallest absolute Gasteiger partial charge is 0.430 e. The Hall–Kier alpha value is -2.80. The zero-order valence-corrected chi connectivity index (χ0v) is 23.2. The number of nitrogens with zero attached hydrogens (tertiary/aromatic N) is 1. The van der Waals surface area contributed by atoms with Gasteiger partial charge in [-0.05, 0) is 78.3 Å². The molecule has 13 heteroatoms. The highest BCUT2D eigenvalue weighted by molar-refractivity contribution is 7.08. The highest BCUT2D eigenvalue weighted by Gasteiger charge is 2.71. The average molecular weight is 595 g/mol. The van der Waals surface area contributed by atoms with Crippen molar-refractivity contribution in [2.24, 2.45) is 0 Å². The molecule has 0 radical (unpaired) electrons. The summed E-state index contributed by atoms with van der Waals surface area (Å²) in [6.07, 6.45) is -10.2. The van der Waals surface area contributed by atoms with Crippen molar-refractivity contribution in [1.29, 1.82) is 0 Å². The minimum atomic E-state index is -5.99. The van der Waals surface area contributed by atoms with Crippen LogP contribution in [0.15, 0.2) is 29.0 Å². The third-order valence-electron chi connectivity index (χ3n) is 6.92. The van der Waals surface area contributed by atoms with Gasteiger partial charge >= 0.3 is 18.4 Å². The lowest BCUT2D eigenvalue weighted by Crippen LogP contribution is -2.54. The molecule has 3 amide bonds. The van der Waals surface area contributed by atoms with E-state index in [0.29, 0.717) is 31.2 Å².